The van der Waals surface area contributed by atoms with Gasteiger partial charge in [0.2, 0.25) is 5.95 Å². The van der Waals surface area contributed by atoms with Gasteiger partial charge in [-0.25, -0.2) is 15.0 Å². The molecule has 142 valence electrons. The van der Waals surface area contributed by atoms with Gasteiger partial charge in [-0.05, 0) is 25.3 Å². The van der Waals surface area contributed by atoms with Crippen LogP contribution in [0, 0.1) is 0 Å². The summed E-state index contributed by atoms with van der Waals surface area (Å²) in [4.78, 5) is 32.9. The lowest BCUT2D eigenvalue weighted by atomic mass is 9.88. The number of hydrogen-bond donors (Lipinski definition) is 1. The van der Waals surface area contributed by atoms with Crippen LogP contribution in [0.4, 0.5) is 5.95 Å². The first kappa shape index (κ1) is 17.4. The molecule has 0 radical (unpaired) electrons. The van der Waals surface area contributed by atoms with Crippen LogP contribution in [0.2, 0.25) is 0 Å². The molecule has 2 aliphatic rings. The average Bonchev–Trinajstić information content (AvgIpc) is 3.36. The Bertz CT molecular complexity index is 793. The molecular weight excluding hydrogens is 346 g/mol. The molecule has 1 atom stereocenters. The number of aryl methyl sites for hydroxylation is 1. The molecule has 9 nitrogen and oxygen atoms in total. The molecular formula is C18H23N7O2. The Morgan fingerprint density at radius 1 is 1.30 bits per heavy atom. The number of imidazole rings is 1. The number of hydrogen-bond acceptors (Lipinski definition) is 7. The summed E-state index contributed by atoms with van der Waals surface area (Å²) in [6.07, 6.45) is 12.1. The second kappa shape index (κ2) is 7.73. The molecule has 1 fully saturated rings. The summed E-state index contributed by atoms with van der Waals surface area (Å²) in [6.45, 7) is 2.93. The number of rotatable bonds is 6. The van der Waals surface area contributed by atoms with Crippen LogP contribution in [0.15, 0.2) is 42.3 Å². The van der Waals surface area contributed by atoms with E-state index < -0.39 is 5.60 Å². The third-order valence-electron chi connectivity index (χ3n) is 4.91. The summed E-state index contributed by atoms with van der Waals surface area (Å²) in [6, 6.07) is 1.80. The number of carbonyl (C=O) groups excluding carboxylic acids is 1. The molecule has 2 aliphatic heterocycles. The van der Waals surface area contributed by atoms with Gasteiger partial charge in [0.1, 0.15) is 5.71 Å². The van der Waals surface area contributed by atoms with E-state index in [1.165, 1.54) is 0 Å². The Morgan fingerprint density at radius 3 is 3.00 bits per heavy atom. The molecule has 4 rings (SSSR count). The number of nitrogens with one attached hydrogen (secondary N) is 1. The van der Waals surface area contributed by atoms with Crippen molar-refractivity contribution in [3.8, 4) is 0 Å². The minimum Gasteiger partial charge on any atom is -0.386 e. The molecule has 0 aromatic carbocycles. The highest BCUT2D eigenvalue weighted by atomic mass is 16.7. The minimum atomic E-state index is -0.457. The molecule has 4 heterocycles. The first-order valence-electron chi connectivity index (χ1n) is 9.25. The maximum Gasteiger partial charge on any atom is 0.269 e. The largest absolute Gasteiger partial charge is 0.386 e. The van der Waals surface area contributed by atoms with Gasteiger partial charge in [0.15, 0.2) is 5.60 Å². The van der Waals surface area contributed by atoms with Gasteiger partial charge in [0.05, 0.1) is 12.9 Å². The zero-order chi connectivity index (χ0) is 18.5. The fourth-order valence-electron chi connectivity index (χ4n) is 3.57. The van der Waals surface area contributed by atoms with Gasteiger partial charge >= 0.3 is 0 Å². The molecule has 0 saturated carbocycles. The first-order valence-corrected chi connectivity index (χ1v) is 9.25. The van der Waals surface area contributed by atoms with E-state index in [4.69, 9.17) is 4.84 Å². The average molecular weight is 369 g/mol. The molecule has 27 heavy (non-hydrogen) atoms. The molecule has 1 N–H and O–H groups in total. The lowest BCUT2D eigenvalue weighted by molar-refractivity contribution is -0.114. The summed E-state index contributed by atoms with van der Waals surface area (Å²) >= 11 is 0. The smallest absolute Gasteiger partial charge is 0.269 e. The number of carbonyl (C=O) groups is 1. The molecule has 9 heteroatoms. The Balaban J connectivity index is 1.27. The Labute approximate surface area is 157 Å². The molecule has 2 aromatic heterocycles. The molecule has 1 amide bonds. The third kappa shape index (κ3) is 4.07. The number of aromatic nitrogens is 4. The van der Waals surface area contributed by atoms with Gasteiger partial charge in [-0.1, -0.05) is 5.16 Å². The lowest BCUT2D eigenvalue weighted by Gasteiger charge is -2.38. The van der Waals surface area contributed by atoms with Gasteiger partial charge in [-0.3, -0.25) is 4.79 Å². The van der Waals surface area contributed by atoms with Crippen molar-refractivity contribution in [3.05, 3.63) is 37.2 Å². The van der Waals surface area contributed by atoms with Crippen molar-refractivity contribution >= 4 is 17.6 Å². The number of piperidine rings is 1. The van der Waals surface area contributed by atoms with Crippen LogP contribution in [0.1, 0.15) is 25.7 Å². The molecule has 1 saturated heterocycles. The second-order valence-corrected chi connectivity index (χ2v) is 6.97. The molecule has 0 bridgehead atoms. The maximum absolute atomic E-state index is 12.4. The maximum atomic E-state index is 12.4. The lowest BCUT2D eigenvalue weighted by Crippen LogP contribution is -2.49. The summed E-state index contributed by atoms with van der Waals surface area (Å²) in [5.41, 5.74) is 0.00876. The van der Waals surface area contributed by atoms with Crippen molar-refractivity contribution in [2.24, 2.45) is 5.16 Å². The Kier molecular flexibility index (Phi) is 4.99. The van der Waals surface area contributed by atoms with Crippen LogP contribution in [-0.2, 0) is 16.2 Å². The van der Waals surface area contributed by atoms with Crippen molar-refractivity contribution in [1.29, 1.82) is 0 Å². The van der Waals surface area contributed by atoms with Crippen LogP contribution in [0.5, 0.6) is 0 Å². The second-order valence-electron chi connectivity index (χ2n) is 6.97. The van der Waals surface area contributed by atoms with E-state index in [1.54, 1.807) is 31.0 Å². The highest BCUT2D eigenvalue weighted by Gasteiger charge is 2.45. The van der Waals surface area contributed by atoms with Gasteiger partial charge in [0, 0.05) is 50.8 Å². The van der Waals surface area contributed by atoms with Crippen molar-refractivity contribution in [2.45, 2.75) is 37.8 Å². The fourth-order valence-corrected chi connectivity index (χ4v) is 3.57. The highest BCUT2D eigenvalue weighted by Crippen LogP contribution is 2.34. The zero-order valence-corrected chi connectivity index (χ0v) is 15.1. The summed E-state index contributed by atoms with van der Waals surface area (Å²) in [7, 11) is 0. The van der Waals surface area contributed by atoms with Gasteiger partial charge in [0.25, 0.3) is 5.91 Å². The normalized spacial score (nSPS) is 21.8. The Morgan fingerprint density at radius 2 is 2.19 bits per heavy atom. The number of anilines is 1. The molecule has 0 unspecified atom stereocenters. The topological polar surface area (TPSA) is 97.5 Å². The van der Waals surface area contributed by atoms with Crippen molar-refractivity contribution in [3.63, 3.8) is 0 Å². The summed E-state index contributed by atoms with van der Waals surface area (Å²) in [5.74, 6) is 0.545. The van der Waals surface area contributed by atoms with Crippen LogP contribution in [-0.4, -0.2) is 56.4 Å². The van der Waals surface area contributed by atoms with E-state index in [0.717, 1.165) is 32.4 Å². The standard InChI is InChI=1S/C18H23N7O2/c26-16(20-7-3-9-24-11-8-19-14-24)15-12-18(27-23-15)4-1-10-25(13-18)17-21-5-2-6-22-17/h2,5-6,8,11,14H,1,3-4,7,9-10,12-13H2,(H,20,26)/t18-/m0/s1. The molecule has 2 aromatic rings. The summed E-state index contributed by atoms with van der Waals surface area (Å²) in [5, 5.41) is 7.02. The SMILES string of the molecule is O=C(NCCCn1ccnc1)C1=NO[C@@]2(CCCN(c3ncccn3)C2)C1. The minimum absolute atomic E-state index is 0.148. The van der Waals surface area contributed by atoms with Crippen LogP contribution in [0.3, 0.4) is 0 Å². The Hall–Kier alpha value is -2.97. The van der Waals surface area contributed by atoms with Crippen LogP contribution < -0.4 is 10.2 Å². The first-order chi connectivity index (χ1) is 13.2. The van der Waals surface area contributed by atoms with E-state index in [9.17, 15) is 4.79 Å². The van der Waals surface area contributed by atoms with E-state index in [2.05, 4.69) is 30.3 Å². The quantitative estimate of drug-likeness (QED) is 0.763. The van der Waals surface area contributed by atoms with Crippen LogP contribution in [0.25, 0.3) is 0 Å². The van der Waals surface area contributed by atoms with E-state index in [0.29, 0.717) is 31.2 Å². The molecule has 1 spiro atoms. The van der Waals surface area contributed by atoms with E-state index in [1.807, 2.05) is 10.8 Å². The zero-order valence-electron chi connectivity index (χ0n) is 15.1. The van der Waals surface area contributed by atoms with Crippen molar-refractivity contribution in [1.82, 2.24) is 24.8 Å². The highest BCUT2D eigenvalue weighted by molar-refractivity contribution is 6.39. The van der Waals surface area contributed by atoms with Crippen molar-refractivity contribution < 1.29 is 9.63 Å². The predicted octanol–water partition coefficient (Wildman–Crippen LogP) is 0.995. The van der Waals surface area contributed by atoms with Gasteiger partial charge in [-0.2, -0.15) is 0 Å². The fraction of sp³-hybridized carbons (Fsp3) is 0.500. The predicted molar refractivity (Wildman–Crippen MR) is 99.2 cm³/mol. The number of nitrogens with zero attached hydrogens (tertiary/aromatic N) is 6. The van der Waals surface area contributed by atoms with Gasteiger partial charge < -0.3 is 19.6 Å². The van der Waals surface area contributed by atoms with Crippen LogP contribution >= 0.6 is 0 Å². The third-order valence-corrected chi connectivity index (χ3v) is 4.91. The van der Waals surface area contributed by atoms with E-state index >= 15 is 0 Å². The van der Waals surface area contributed by atoms with E-state index in [-0.39, 0.29) is 5.91 Å². The number of oxime groups is 1. The van der Waals surface area contributed by atoms with Gasteiger partial charge in [-0.15, -0.1) is 0 Å². The molecule has 0 aliphatic carbocycles. The van der Waals surface area contributed by atoms with Crippen molar-refractivity contribution in [2.75, 3.05) is 24.5 Å². The summed E-state index contributed by atoms with van der Waals surface area (Å²) < 4.78 is 1.99. The number of amides is 1. The monoisotopic (exact) mass is 369 g/mol.